The Hall–Kier alpha value is -1.81. The maximum Gasteiger partial charge on any atom is 0.256 e. The Kier molecular flexibility index (Phi) is 3.72. The molecule has 0 radical (unpaired) electrons. The van der Waals surface area contributed by atoms with Gasteiger partial charge in [0.15, 0.2) is 0 Å². The van der Waals surface area contributed by atoms with Crippen molar-refractivity contribution in [2.24, 2.45) is 0 Å². The van der Waals surface area contributed by atoms with E-state index in [1.54, 1.807) is 0 Å². The van der Waals surface area contributed by atoms with Crippen molar-refractivity contribution in [3.05, 3.63) is 35.0 Å². The summed E-state index contributed by atoms with van der Waals surface area (Å²) in [5, 5.41) is 1.16. The first-order valence-electron chi connectivity index (χ1n) is 7.71. The minimum atomic E-state index is 0.151. The number of para-hydroxylation sites is 1. The third-order valence-electron chi connectivity index (χ3n) is 4.68. The summed E-state index contributed by atoms with van der Waals surface area (Å²) in [6, 6.07) is 6.00. The van der Waals surface area contributed by atoms with Crippen LogP contribution < -0.4 is 0 Å². The van der Waals surface area contributed by atoms with E-state index in [0.29, 0.717) is 0 Å². The Bertz CT molecular complexity index is 666. The summed E-state index contributed by atoms with van der Waals surface area (Å²) in [6.07, 6.45) is 0. The molecule has 4 heteroatoms. The van der Waals surface area contributed by atoms with Crippen molar-refractivity contribution in [3.8, 4) is 0 Å². The van der Waals surface area contributed by atoms with E-state index in [9.17, 15) is 4.79 Å². The maximum atomic E-state index is 12.8. The molecule has 1 aliphatic rings. The van der Waals surface area contributed by atoms with Crippen LogP contribution >= 0.6 is 0 Å². The Morgan fingerprint density at radius 2 is 1.90 bits per heavy atom. The molecule has 0 saturated carbocycles. The van der Waals surface area contributed by atoms with Gasteiger partial charge in [-0.3, -0.25) is 4.79 Å². The van der Waals surface area contributed by atoms with Crippen molar-refractivity contribution in [2.45, 2.75) is 20.8 Å². The third-order valence-corrected chi connectivity index (χ3v) is 4.68. The molecule has 0 bridgehead atoms. The third kappa shape index (κ3) is 2.44. The summed E-state index contributed by atoms with van der Waals surface area (Å²) in [6.45, 7) is 11.0. The lowest BCUT2D eigenvalue weighted by Gasteiger charge is -2.34. The summed E-state index contributed by atoms with van der Waals surface area (Å²) in [5.41, 5.74) is 4.15. The number of H-pyrrole nitrogens is 1. The molecule has 2 aromatic rings. The molecule has 1 aromatic carbocycles. The predicted octanol–water partition coefficient (Wildman–Crippen LogP) is 2.56. The molecule has 1 saturated heterocycles. The van der Waals surface area contributed by atoms with Gasteiger partial charge in [0.25, 0.3) is 5.91 Å². The number of carbonyl (C=O) groups excluding carboxylic acids is 1. The molecule has 0 atom stereocenters. The Morgan fingerprint density at radius 1 is 1.19 bits per heavy atom. The normalized spacial score (nSPS) is 16.6. The highest BCUT2D eigenvalue weighted by molar-refractivity contribution is 6.06. The number of aromatic nitrogens is 1. The van der Waals surface area contributed by atoms with Crippen LogP contribution in [0.4, 0.5) is 0 Å². The molecule has 1 fully saturated rings. The fourth-order valence-corrected chi connectivity index (χ4v) is 3.10. The number of hydrogen-bond acceptors (Lipinski definition) is 2. The smallest absolute Gasteiger partial charge is 0.256 e. The van der Waals surface area contributed by atoms with Crippen LogP contribution in [-0.4, -0.2) is 53.4 Å². The second-order valence-electron chi connectivity index (χ2n) is 5.83. The molecule has 2 heterocycles. The Labute approximate surface area is 125 Å². The van der Waals surface area contributed by atoms with E-state index in [1.165, 1.54) is 5.56 Å². The summed E-state index contributed by atoms with van der Waals surface area (Å²) >= 11 is 0. The van der Waals surface area contributed by atoms with Gasteiger partial charge in [-0.25, -0.2) is 0 Å². The van der Waals surface area contributed by atoms with Crippen molar-refractivity contribution in [1.29, 1.82) is 0 Å². The lowest BCUT2D eigenvalue weighted by Crippen LogP contribution is -2.48. The van der Waals surface area contributed by atoms with Gasteiger partial charge >= 0.3 is 0 Å². The van der Waals surface area contributed by atoms with Crippen LogP contribution in [-0.2, 0) is 0 Å². The zero-order valence-corrected chi connectivity index (χ0v) is 13.1. The van der Waals surface area contributed by atoms with Crippen LogP contribution in [0.25, 0.3) is 10.9 Å². The number of carbonyl (C=O) groups is 1. The van der Waals surface area contributed by atoms with Crippen molar-refractivity contribution < 1.29 is 4.79 Å². The van der Waals surface area contributed by atoms with Crippen LogP contribution in [0.5, 0.6) is 0 Å². The fourth-order valence-electron chi connectivity index (χ4n) is 3.10. The second kappa shape index (κ2) is 5.53. The first-order chi connectivity index (χ1) is 10.1. The van der Waals surface area contributed by atoms with Crippen LogP contribution in [0.2, 0.25) is 0 Å². The number of hydrogen-bond donors (Lipinski definition) is 1. The van der Waals surface area contributed by atoms with Crippen molar-refractivity contribution in [1.82, 2.24) is 14.8 Å². The van der Waals surface area contributed by atoms with Crippen LogP contribution in [0.3, 0.4) is 0 Å². The van der Waals surface area contributed by atoms with Crippen molar-refractivity contribution in [3.63, 3.8) is 0 Å². The van der Waals surface area contributed by atoms with E-state index >= 15 is 0 Å². The number of nitrogens with one attached hydrogen (secondary N) is 1. The molecule has 1 aromatic heterocycles. The summed E-state index contributed by atoms with van der Waals surface area (Å²) < 4.78 is 0. The molecule has 3 rings (SSSR count). The average molecular weight is 285 g/mol. The van der Waals surface area contributed by atoms with Gasteiger partial charge in [0.1, 0.15) is 0 Å². The van der Waals surface area contributed by atoms with Gasteiger partial charge in [-0.2, -0.15) is 0 Å². The van der Waals surface area contributed by atoms with Gasteiger partial charge in [0, 0.05) is 37.3 Å². The number of nitrogens with zero attached hydrogens (tertiary/aromatic N) is 2. The molecule has 1 amide bonds. The first kappa shape index (κ1) is 14.1. The Morgan fingerprint density at radius 3 is 2.57 bits per heavy atom. The van der Waals surface area contributed by atoms with Gasteiger partial charge in [-0.1, -0.05) is 19.1 Å². The summed E-state index contributed by atoms with van der Waals surface area (Å²) in [5.74, 6) is 0.151. The molecule has 112 valence electrons. The molecule has 0 aliphatic carbocycles. The predicted molar refractivity (Wildman–Crippen MR) is 85.8 cm³/mol. The average Bonchev–Trinajstić information content (AvgIpc) is 2.82. The van der Waals surface area contributed by atoms with Crippen LogP contribution in [0.15, 0.2) is 18.2 Å². The van der Waals surface area contributed by atoms with E-state index < -0.39 is 0 Å². The van der Waals surface area contributed by atoms with Gasteiger partial charge in [0.05, 0.1) is 11.1 Å². The number of aromatic amines is 1. The van der Waals surface area contributed by atoms with Gasteiger partial charge in [0.2, 0.25) is 0 Å². The largest absolute Gasteiger partial charge is 0.358 e. The summed E-state index contributed by atoms with van der Waals surface area (Å²) in [4.78, 5) is 20.6. The first-order valence-corrected chi connectivity index (χ1v) is 7.71. The number of fused-ring (bicyclic) bond motifs is 1. The standard InChI is InChI=1S/C17H23N3O/c1-4-19-8-10-20(11-9-19)17(21)15-7-5-6-14-12(2)13(3)18-16(14)15/h5-7,18H,4,8-11H2,1-3H3. The van der Waals surface area contributed by atoms with Gasteiger partial charge < -0.3 is 14.8 Å². The van der Waals surface area contributed by atoms with E-state index in [2.05, 4.69) is 36.7 Å². The highest BCUT2D eigenvalue weighted by Gasteiger charge is 2.23. The maximum absolute atomic E-state index is 12.8. The highest BCUT2D eigenvalue weighted by Crippen LogP contribution is 2.25. The molecule has 4 nitrogen and oxygen atoms in total. The van der Waals surface area contributed by atoms with Gasteiger partial charge in [-0.15, -0.1) is 0 Å². The number of benzene rings is 1. The molecular formula is C17H23N3O. The highest BCUT2D eigenvalue weighted by atomic mass is 16.2. The SMILES string of the molecule is CCN1CCN(C(=O)c2cccc3c(C)c(C)[nH]c23)CC1. The second-order valence-corrected chi connectivity index (χ2v) is 5.83. The topological polar surface area (TPSA) is 39.3 Å². The van der Waals surface area contributed by atoms with E-state index in [1.807, 2.05) is 17.0 Å². The molecule has 1 aliphatic heterocycles. The minimum Gasteiger partial charge on any atom is -0.358 e. The molecule has 0 spiro atoms. The molecule has 1 N–H and O–H groups in total. The van der Waals surface area contributed by atoms with Crippen molar-refractivity contribution >= 4 is 16.8 Å². The molecule has 0 unspecified atom stereocenters. The molecule has 21 heavy (non-hydrogen) atoms. The van der Waals surface area contributed by atoms with E-state index in [4.69, 9.17) is 0 Å². The quantitative estimate of drug-likeness (QED) is 0.921. The zero-order valence-electron chi connectivity index (χ0n) is 13.1. The van der Waals surface area contributed by atoms with E-state index in [-0.39, 0.29) is 5.91 Å². The number of amides is 1. The van der Waals surface area contributed by atoms with Crippen LogP contribution in [0, 0.1) is 13.8 Å². The lowest BCUT2D eigenvalue weighted by atomic mass is 10.1. The lowest BCUT2D eigenvalue weighted by molar-refractivity contribution is 0.0645. The number of piperazine rings is 1. The Balaban J connectivity index is 1.90. The van der Waals surface area contributed by atoms with Crippen molar-refractivity contribution in [2.75, 3.05) is 32.7 Å². The van der Waals surface area contributed by atoms with Crippen LogP contribution in [0.1, 0.15) is 28.5 Å². The number of aryl methyl sites for hydroxylation is 2. The minimum absolute atomic E-state index is 0.151. The summed E-state index contributed by atoms with van der Waals surface area (Å²) in [7, 11) is 0. The number of likely N-dealkylation sites (N-methyl/N-ethyl adjacent to an activating group) is 1. The van der Waals surface area contributed by atoms with E-state index in [0.717, 1.165) is 54.9 Å². The fraction of sp³-hybridized carbons (Fsp3) is 0.471. The monoisotopic (exact) mass is 285 g/mol. The van der Waals surface area contributed by atoms with Gasteiger partial charge in [-0.05, 0) is 32.0 Å². The zero-order chi connectivity index (χ0) is 15.0. The molecular weight excluding hydrogens is 262 g/mol. The number of rotatable bonds is 2.